The fraction of sp³-hybridized carbons (Fsp3) is 0.213. The van der Waals surface area contributed by atoms with Crippen LogP contribution < -0.4 is 4.90 Å². The number of hydrogen-bond acceptors (Lipinski definition) is 7. The van der Waals surface area contributed by atoms with Gasteiger partial charge in [-0.05, 0) is 179 Å². The van der Waals surface area contributed by atoms with Crippen LogP contribution in [0.4, 0.5) is 17.1 Å². The van der Waals surface area contributed by atoms with Crippen LogP contribution in [0.25, 0.3) is 54.5 Å². The molecule has 1 radical (unpaired) electrons. The topological polar surface area (TPSA) is 112 Å². The Labute approximate surface area is 433 Å². The molecule has 0 atom stereocenters. The van der Waals surface area contributed by atoms with Crippen molar-refractivity contribution in [2.45, 2.75) is 81.1 Å². The first-order chi connectivity index (χ1) is 33.6. The number of unbranched alkanes of at least 4 members (excludes halogenated alkanes) is 1. The van der Waals surface area contributed by atoms with Crippen LogP contribution in [0.15, 0.2) is 102 Å². The molecular formula is C61H51IrN9-4. The molecule has 2 aromatic heterocycles. The maximum absolute atomic E-state index is 10.00. The Kier molecular flexibility index (Phi) is 16.9. The van der Waals surface area contributed by atoms with Gasteiger partial charge in [0, 0.05) is 55.4 Å². The third-order valence-corrected chi connectivity index (χ3v) is 12.5. The molecule has 9 nitrogen and oxygen atoms in total. The second kappa shape index (κ2) is 23.0. The van der Waals surface area contributed by atoms with Gasteiger partial charge in [0.25, 0.3) is 0 Å². The molecule has 1 aliphatic rings. The van der Waals surface area contributed by atoms with E-state index in [2.05, 4.69) is 148 Å². The summed E-state index contributed by atoms with van der Waals surface area (Å²) in [4.78, 5) is 21.5. The van der Waals surface area contributed by atoms with E-state index in [4.69, 9.17) is 28.4 Å². The van der Waals surface area contributed by atoms with Gasteiger partial charge in [0.15, 0.2) is 5.69 Å². The van der Waals surface area contributed by atoms with Crippen LogP contribution in [0.2, 0.25) is 0 Å². The Hall–Kier alpha value is -8.16. The molecule has 0 amide bonds. The van der Waals surface area contributed by atoms with Crippen LogP contribution in [0, 0.1) is 114 Å². The maximum Gasteiger partial charge on any atom is 0.236 e. The monoisotopic (exact) mass is 1100 g/mol. The Balaban J connectivity index is 0.000000410. The predicted octanol–water partition coefficient (Wildman–Crippen LogP) is 14.5. The van der Waals surface area contributed by atoms with Gasteiger partial charge in [0.1, 0.15) is 6.57 Å². The molecule has 0 aliphatic carbocycles. The molecule has 353 valence electrons. The van der Waals surface area contributed by atoms with Crippen LogP contribution >= 0.6 is 0 Å². The molecule has 10 heteroatoms. The summed E-state index contributed by atoms with van der Waals surface area (Å²) in [6.45, 7) is 34.1. The van der Waals surface area contributed by atoms with Gasteiger partial charge in [-0.3, -0.25) is 0 Å². The van der Waals surface area contributed by atoms with Gasteiger partial charge in [-0.25, -0.2) is 20.6 Å². The van der Waals surface area contributed by atoms with Crippen molar-refractivity contribution in [1.29, 1.82) is 15.8 Å². The maximum atomic E-state index is 10.00. The fourth-order valence-electron chi connectivity index (χ4n) is 9.21. The minimum absolute atomic E-state index is 0. The summed E-state index contributed by atoms with van der Waals surface area (Å²) in [6.07, 6.45) is 3.10. The van der Waals surface area contributed by atoms with Gasteiger partial charge >= 0.3 is 0 Å². The normalized spacial score (nSPS) is 11.6. The zero-order valence-electron chi connectivity index (χ0n) is 41.4. The molecule has 0 N–H and O–H groups in total. The summed E-state index contributed by atoms with van der Waals surface area (Å²) in [7, 11) is 2.02. The molecule has 8 rings (SSSR count). The number of aromatic nitrogens is 2. The van der Waals surface area contributed by atoms with Crippen LogP contribution in [0.5, 0.6) is 0 Å². The molecule has 0 spiro atoms. The summed E-state index contributed by atoms with van der Waals surface area (Å²) in [5.74, 6) is 0. The number of hydrogen-bond donors (Lipinski definition) is 0. The Morgan fingerprint density at radius 3 is 1.56 bits per heavy atom. The van der Waals surface area contributed by atoms with Gasteiger partial charge in [0.2, 0.25) is 5.69 Å². The summed E-state index contributed by atoms with van der Waals surface area (Å²) < 4.78 is 0. The van der Waals surface area contributed by atoms with Gasteiger partial charge < -0.3 is 19.8 Å². The quantitative estimate of drug-likeness (QED) is 0.0990. The largest absolute Gasteiger partial charge is 0.508 e. The van der Waals surface area contributed by atoms with E-state index in [0.29, 0.717) is 63.4 Å². The zero-order chi connectivity index (χ0) is 50.2. The van der Waals surface area contributed by atoms with Crippen molar-refractivity contribution in [2.75, 3.05) is 11.9 Å². The smallest absolute Gasteiger partial charge is 0.236 e. The second-order valence-corrected chi connectivity index (χ2v) is 17.8. The third-order valence-electron chi connectivity index (χ3n) is 12.5. The number of rotatable bonds is 10. The first-order valence-electron chi connectivity index (χ1n) is 23.0. The molecule has 5 aromatic carbocycles. The van der Waals surface area contributed by atoms with Crippen molar-refractivity contribution in [3.63, 3.8) is 0 Å². The number of nitriles is 3. The molecule has 3 heterocycles. The summed E-state index contributed by atoms with van der Waals surface area (Å²) in [5, 5.41) is 28.2. The van der Waals surface area contributed by atoms with Crippen molar-refractivity contribution >= 4 is 17.1 Å². The van der Waals surface area contributed by atoms with Gasteiger partial charge in [0.05, 0.1) is 6.57 Å². The first-order valence-corrected chi connectivity index (χ1v) is 23.0. The Bertz CT molecular complexity index is 3190. The van der Waals surface area contributed by atoms with Crippen molar-refractivity contribution in [3.05, 3.63) is 212 Å². The molecule has 71 heavy (non-hydrogen) atoms. The van der Waals surface area contributed by atoms with Crippen LogP contribution in [0.1, 0.15) is 88.1 Å². The van der Waals surface area contributed by atoms with E-state index in [-0.39, 0.29) is 20.1 Å². The number of benzene rings is 5. The number of nitrogens with zero attached hydrogens (tertiary/aromatic N) is 9. The predicted molar refractivity (Wildman–Crippen MR) is 278 cm³/mol. The van der Waals surface area contributed by atoms with Crippen LogP contribution in [-0.2, 0) is 32.9 Å². The van der Waals surface area contributed by atoms with E-state index in [0.717, 1.165) is 52.2 Å². The van der Waals surface area contributed by atoms with E-state index in [1.165, 1.54) is 44.8 Å². The molecule has 0 saturated heterocycles. The summed E-state index contributed by atoms with van der Waals surface area (Å²) in [5.41, 5.74) is 21.3. The van der Waals surface area contributed by atoms with E-state index < -0.39 is 0 Å². The van der Waals surface area contributed by atoms with E-state index in [1.54, 1.807) is 36.4 Å². The minimum atomic E-state index is 0. The van der Waals surface area contributed by atoms with Crippen LogP contribution in [0.3, 0.4) is 0 Å². The molecule has 7 aromatic rings. The number of pyridine rings is 2. The average molecular weight is 1100 g/mol. The molecule has 0 saturated carbocycles. The molecule has 1 aliphatic heterocycles. The molecule has 0 fully saturated rings. The van der Waals surface area contributed by atoms with E-state index >= 15 is 0 Å². The minimum Gasteiger partial charge on any atom is -0.508 e. The SMILES string of the molecule is CC1=C(C)N(c2[c-]cc(C#N)cc2)[CH-]N1C.[C-]#[N+]c1c[c-]c(-c2cc(-c3c(C)cc(C)cc3C)cc(CCCCc3cc(-c4c(C)cc(C)cc4C)cc(-c4[c-]cc(C#N)cc4[N+]#[C-])n3)n2)c(C#N)c1.[Ir]. The average Bonchev–Trinajstić information content (AvgIpc) is 3.61. The zero-order valence-corrected chi connectivity index (χ0v) is 43.8. The molecule has 0 bridgehead atoms. The first kappa shape index (κ1) is 52.2. The Morgan fingerprint density at radius 2 is 1.11 bits per heavy atom. The molecule has 0 unspecified atom stereocenters. The number of anilines is 1. The van der Waals surface area contributed by atoms with Crippen molar-refractivity contribution in [1.82, 2.24) is 14.9 Å². The van der Waals surface area contributed by atoms with Crippen molar-refractivity contribution in [2.24, 2.45) is 0 Å². The van der Waals surface area contributed by atoms with Crippen molar-refractivity contribution in [3.8, 4) is 63.0 Å². The number of aryl methyl sites for hydroxylation is 8. The fourth-order valence-corrected chi connectivity index (χ4v) is 9.21. The van der Waals surface area contributed by atoms with E-state index in [9.17, 15) is 10.5 Å². The van der Waals surface area contributed by atoms with Gasteiger partial charge in [-0.1, -0.05) is 70.8 Å². The Morgan fingerprint density at radius 1 is 0.592 bits per heavy atom. The van der Waals surface area contributed by atoms with E-state index in [1.807, 2.05) is 31.9 Å². The molecular weight excluding hydrogens is 1050 g/mol. The summed E-state index contributed by atoms with van der Waals surface area (Å²) in [6, 6.07) is 44.9. The summed E-state index contributed by atoms with van der Waals surface area (Å²) >= 11 is 0. The number of allylic oxidation sites excluding steroid dienone is 2. The van der Waals surface area contributed by atoms with Crippen molar-refractivity contribution < 1.29 is 20.1 Å². The van der Waals surface area contributed by atoms with Gasteiger partial charge in [-0.2, -0.15) is 29.7 Å². The van der Waals surface area contributed by atoms with Gasteiger partial charge in [-0.15, -0.1) is 35.5 Å². The second-order valence-electron chi connectivity index (χ2n) is 17.8. The third kappa shape index (κ3) is 11.8. The van der Waals surface area contributed by atoms with Crippen LogP contribution in [-0.4, -0.2) is 21.9 Å². The standard InChI is InChI=1S/C48H38N6.C13H13N3.Ir/c1-29-17-31(3)47(32(4)18-29)36-22-40(53-45(25-36)42-16-14-39(51-7)24-38(42)28-50)11-9-10-12-41-23-37(48-33(5)19-30(2)20-34(48)6)26-46(54-41)43-15-13-35(27-49)21-44(43)52-8;1-10-11(2)16(9-15(10)3)13-6-4-12(8-14)5-7-13;/h13-14,17-26H,9-12H2,1-6H3;4-6,9H,1-3H3;/q2*-2;.